The number of alkyl halides is 3. The summed E-state index contributed by atoms with van der Waals surface area (Å²) in [5.41, 5.74) is 0.557. The molecule has 0 saturated carbocycles. The molecule has 0 bridgehead atoms. The van der Waals surface area contributed by atoms with Crippen molar-refractivity contribution in [2.24, 2.45) is 0 Å². The summed E-state index contributed by atoms with van der Waals surface area (Å²) in [6, 6.07) is 8.41. The van der Waals surface area contributed by atoms with Crippen LogP contribution in [-0.4, -0.2) is 40.7 Å². The Kier molecular flexibility index (Phi) is 6.42. The molecule has 0 radical (unpaired) electrons. The van der Waals surface area contributed by atoms with Gasteiger partial charge in [0.15, 0.2) is 18.1 Å². The first kappa shape index (κ1) is 24.1. The Bertz CT molecular complexity index is 1360. The van der Waals surface area contributed by atoms with E-state index in [2.05, 4.69) is 0 Å². The minimum Gasteiger partial charge on any atom is -0.486 e. The van der Waals surface area contributed by atoms with Crippen molar-refractivity contribution >= 4 is 11.8 Å². The van der Waals surface area contributed by atoms with Crippen LogP contribution in [0.5, 0.6) is 11.5 Å². The third-order valence-corrected chi connectivity index (χ3v) is 5.49. The first-order valence-corrected chi connectivity index (χ1v) is 10.6. The number of pyridine rings is 1. The van der Waals surface area contributed by atoms with E-state index in [9.17, 15) is 27.6 Å². The van der Waals surface area contributed by atoms with Gasteiger partial charge in [-0.2, -0.15) is 13.2 Å². The number of aromatic nitrogens is 2. The summed E-state index contributed by atoms with van der Waals surface area (Å²) >= 11 is 0. The number of benzene rings is 1. The van der Waals surface area contributed by atoms with E-state index >= 15 is 0 Å². The molecule has 0 N–H and O–H groups in total. The largest absolute Gasteiger partial charge is 0.486 e. The molecule has 1 aromatic carbocycles. The van der Waals surface area contributed by atoms with E-state index in [1.807, 2.05) is 17.6 Å². The van der Waals surface area contributed by atoms with E-state index in [-0.39, 0.29) is 0 Å². The molecule has 1 aliphatic heterocycles. The van der Waals surface area contributed by atoms with Gasteiger partial charge in [-0.3, -0.25) is 14.4 Å². The fraction of sp³-hybridized carbons (Fsp3) is 0.292. The number of hydrogen-bond acceptors (Lipinski definition) is 6. The number of esters is 1. The highest BCUT2D eigenvalue weighted by atomic mass is 19.4. The Morgan fingerprint density at radius 2 is 1.74 bits per heavy atom. The van der Waals surface area contributed by atoms with Crippen molar-refractivity contribution in [3.63, 3.8) is 0 Å². The number of aryl methyl sites for hydroxylation is 1. The Morgan fingerprint density at radius 1 is 1.03 bits per heavy atom. The summed E-state index contributed by atoms with van der Waals surface area (Å²) in [7, 11) is 0. The van der Waals surface area contributed by atoms with Crippen molar-refractivity contribution in [3.8, 4) is 17.2 Å². The summed E-state index contributed by atoms with van der Waals surface area (Å²) in [5, 5.41) is 0. The second-order valence-corrected chi connectivity index (χ2v) is 7.91. The fourth-order valence-electron chi connectivity index (χ4n) is 3.84. The summed E-state index contributed by atoms with van der Waals surface area (Å²) in [4.78, 5) is 36.7. The van der Waals surface area contributed by atoms with Gasteiger partial charge in [0.2, 0.25) is 5.78 Å². The lowest BCUT2D eigenvalue weighted by Crippen LogP contribution is -2.27. The van der Waals surface area contributed by atoms with Crippen LogP contribution in [0.25, 0.3) is 5.69 Å². The van der Waals surface area contributed by atoms with Gasteiger partial charge in [0, 0.05) is 41.0 Å². The van der Waals surface area contributed by atoms with Crippen LogP contribution in [-0.2, 0) is 22.3 Å². The van der Waals surface area contributed by atoms with Crippen LogP contribution < -0.4 is 15.0 Å². The number of ketones is 1. The van der Waals surface area contributed by atoms with E-state index < -0.39 is 42.2 Å². The quantitative estimate of drug-likeness (QED) is 0.389. The average molecular weight is 490 g/mol. The Balaban J connectivity index is 1.46. The zero-order chi connectivity index (χ0) is 25.3. The van der Waals surface area contributed by atoms with Crippen molar-refractivity contribution in [2.75, 3.05) is 19.8 Å². The number of Topliss-reactive ketones (excluding diaryl/α,β-unsaturated/α-hetero) is 1. The molecule has 0 amide bonds. The lowest BCUT2D eigenvalue weighted by molar-refractivity contribution is -0.144. The standard InChI is InChI=1S/C24H21F3N2O6/c1-14-9-18(15(2)29(14)17-4-5-20-21(10-17)34-8-7-33-20)19(30)13-35-23(32)12-28-11-16(24(25,26)27)3-6-22(28)31/h3-6,9-11H,7-8,12-13H2,1-2H3. The first-order chi connectivity index (χ1) is 16.5. The number of halogens is 3. The van der Waals surface area contributed by atoms with Gasteiger partial charge in [-0.05, 0) is 38.1 Å². The minimum absolute atomic E-state index is 0.321. The van der Waals surface area contributed by atoms with E-state index in [0.717, 1.165) is 11.4 Å². The second kappa shape index (κ2) is 9.32. The van der Waals surface area contributed by atoms with Crippen molar-refractivity contribution < 1.29 is 37.0 Å². The second-order valence-electron chi connectivity index (χ2n) is 7.91. The molecule has 0 fully saturated rings. The lowest BCUT2D eigenvalue weighted by atomic mass is 10.1. The van der Waals surface area contributed by atoms with Crippen LogP contribution >= 0.6 is 0 Å². The molecule has 35 heavy (non-hydrogen) atoms. The molecule has 8 nitrogen and oxygen atoms in total. The lowest BCUT2D eigenvalue weighted by Gasteiger charge is -2.20. The Hall–Kier alpha value is -4.02. The highest BCUT2D eigenvalue weighted by Gasteiger charge is 2.31. The summed E-state index contributed by atoms with van der Waals surface area (Å²) < 4.78 is 57.1. The van der Waals surface area contributed by atoms with E-state index in [1.165, 1.54) is 0 Å². The topological polar surface area (TPSA) is 88.8 Å². The van der Waals surface area contributed by atoms with E-state index in [1.54, 1.807) is 25.1 Å². The van der Waals surface area contributed by atoms with Crippen LogP contribution in [0.3, 0.4) is 0 Å². The monoisotopic (exact) mass is 490 g/mol. The smallest absolute Gasteiger partial charge is 0.417 e. The Labute approximate surface area is 197 Å². The predicted octanol–water partition coefficient (Wildman–Crippen LogP) is 3.47. The van der Waals surface area contributed by atoms with Crippen LogP contribution in [0.2, 0.25) is 0 Å². The van der Waals surface area contributed by atoms with Crippen LogP contribution in [0.15, 0.2) is 47.4 Å². The van der Waals surface area contributed by atoms with Gasteiger partial charge in [-0.15, -0.1) is 0 Å². The summed E-state index contributed by atoms with van der Waals surface area (Å²) in [6.07, 6.45) is -4.14. The van der Waals surface area contributed by atoms with E-state index in [4.69, 9.17) is 14.2 Å². The molecular formula is C24H21F3N2O6. The Morgan fingerprint density at radius 3 is 2.46 bits per heavy atom. The van der Waals surface area contributed by atoms with Crippen molar-refractivity contribution in [3.05, 3.63) is 75.5 Å². The third kappa shape index (κ3) is 5.08. The number of hydrogen-bond donors (Lipinski definition) is 0. The molecule has 184 valence electrons. The third-order valence-electron chi connectivity index (χ3n) is 5.49. The SMILES string of the molecule is Cc1cc(C(=O)COC(=O)Cn2cc(C(F)(F)F)ccc2=O)c(C)n1-c1ccc2c(c1)OCCO2. The molecule has 1 aliphatic rings. The van der Waals surface area contributed by atoms with Gasteiger partial charge in [-0.25, -0.2) is 0 Å². The molecular weight excluding hydrogens is 469 g/mol. The normalized spacial score (nSPS) is 12.9. The maximum absolute atomic E-state index is 12.9. The summed E-state index contributed by atoms with van der Waals surface area (Å²) in [6.45, 7) is 3.06. The number of ether oxygens (including phenoxy) is 3. The molecule has 2 aromatic heterocycles. The minimum atomic E-state index is -4.67. The highest BCUT2D eigenvalue weighted by molar-refractivity contribution is 5.99. The predicted molar refractivity (Wildman–Crippen MR) is 117 cm³/mol. The number of rotatable bonds is 6. The maximum Gasteiger partial charge on any atom is 0.417 e. The molecule has 3 heterocycles. The molecule has 4 rings (SSSR count). The van der Waals surface area contributed by atoms with Gasteiger partial charge in [0.05, 0.1) is 5.56 Å². The van der Waals surface area contributed by atoms with Crippen LogP contribution in [0, 0.1) is 13.8 Å². The average Bonchev–Trinajstić information content (AvgIpc) is 3.11. The molecule has 3 aromatic rings. The molecule has 0 spiro atoms. The van der Waals surface area contributed by atoms with Gasteiger partial charge in [0.1, 0.15) is 19.8 Å². The number of nitrogens with zero attached hydrogens (tertiary/aromatic N) is 2. The van der Waals surface area contributed by atoms with Gasteiger partial charge in [-0.1, -0.05) is 0 Å². The number of fused-ring (bicyclic) bond motifs is 1. The van der Waals surface area contributed by atoms with Crippen molar-refractivity contribution in [1.82, 2.24) is 9.13 Å². The first-order valence-electron chi connectivity index (χ1n) is 10.6. The maximum atomic E-state index is 12.9. The van der Waals surface area contributed by atoms with Crippen molar-refractivity contribution in [2.45, 2.75) is 26.6 Å². The highest BCUT2D eigenvalue weighted by Crippen LogP contribution is 2.33. The zero-order valence-corrected chi connectivity index (χ0v) is 18.8. The van der Waals surface area contributed by atoms with E-state index in [0.29, 0.717) is 58.9 Å². The van der Waals surface area contributed by atoms with Crippen LogP contribution in [0.4, 0.5) is 13.2 Å². The van der Waals surface area contributed by atoms with Crippen LogP contribution in [0.1, 0.15) is 27.3 Å². The van der Waals surface area contributed by atoms with Gasteiger partial charge < -0.3 is 23.3 Å². The molecule has 0 aliphatic carbocycles. The summed E-state index contributed by atoms with van der Waals surface area (Å²) in [5.74, 6) is -0.287. The zero-order valence-electron chi connectivity index (χ0n) is 18.8. The van der Waals surface area contributed by atoms with Crippen molar-refractivity contribution in [1.29, 1.82) is 0 Å². The fourth-order valence-corrected chi connectivity index (χ4v) is 3.84. The molecule has 0 saturated heterocycles. The van der Waals surface area contributed by atoms with Gasteiger partial charge in [0.25, 0.3) is 5.56 Å². The molecule has 0 atom stereocenters. The number of carbonyl (C=O) groups is 2. The number of carbonyl (C=O) groups excluding carboxylic acids is 2. The van der Waals surface area contributed by atoms with Gasteiger partial charge >= 0.3 is 12.1 Å². The molecule has 0 unspecified atom stereocenters. The molecule has 11 heteroatoms.